The molecule has 0 atom stereocenters. The lowest BCUT2D eigenvalue weighted by Crippen LogP contribution is -2.29. The van der Waals surface area contributed by atoms with Crippen LogP contribution in [0.4, 0.5) is 19.0 Å². The van der Waals surface area contributed by atoms with Crippen LogP contribution >= 0.6 is 0 Å². The first kappa shape index (κ1) is 13.6. The summed E-state index contributed by atoms with van der Waals surface area (Å²) in [5.74, 6) is -0.781. The Morgan fingerprint density at radius 3 is 2.68 bits per heavy atom. The van der Waals surface area contributed by atoms with Gasteiger partial charge >= 0.3 is 12.1 Å². The van der Waals surface area contributed by atoms with Gasteiger partial charge in [0.15, 0.2) is 0 Å². The molecule has 1 aromatic heterocycles. The summed E-state index contributed by atoms with van der Waals surface area (Å²) in [6, 6.07) is 1.99. The number of aromatic nitrogens is 1. The summed E-state index contributed by atoms with van der Waals surface area (Å²) < 4.78 is 37.9. The SMILES string of the molecule is O=C(O)CCN(c1cc(C(F)(F)F)ccn1)C1CC1. The molecule has 0 radical (unpaired) electrons. The van der Waals surface area contributed by atoms with Gasteiger partial charge in [0.2, 0.25) is 0 Å². The van der Waals surface area contributed by atoms with Gasteiger partial charge in [0, 0.05) is 18.8 Å². The number of pyridine rings is 1. The van der Waals surface area contributed by atoms with Crippen molar-refractivity contribution in [3.05, 3.63) is 23.9 Å². The number of hydrogen-bond donors (Lipinski definition) is 1. The van der Waals surface area contributed by atoms with Crippen LogP contribution in [0, 0.1) is 0 Å². The molecular weight excluding hydrogens is 261 g/mol. The minimum absolute atomic E-state index is 0.107. The molecule has 1 aromatic rings. The summed E-state index contributed by atoms with van der Waals surface area (Å²) in [5.41, 5.74) is -0.765. The maximum absolute atomic E-state index is 12.6. The van der Waals surface area contributed by atoms with Crippen molar-refractivity contribution in [1.29, 1.82) is 0 Å². The summed E-state index contributed by atoms with van der Waals surface area (Å²) in [5, 5.41) is 8.67. The van der Waals surface area contributed by atoms with Crippen LogP contribution in [0.3, 0.4) is 0 Å². The number of halogens is 3. The van der Waals surface area contributed by atoms with Crippen LogP contribution < -0.4 is 4.90 Å². The molecule has 4 nitrogen and oxygen atoms in total. The third kappa shape index (κ3) is 3.59. The number of hydrogen-bond acceptors (Lipinski definition) is 3. The van der Waals surface area contributed by atoms with Crippen LogP contribution in [0.25, 0.3) is 0 Å². The first-order valence-corrected chi connectivity index (χ1v) is 5.89. The van der Waals surface area contributed by atoms with E-state index in [1.54, 1.807) is 4.90 Å². The highest BCUT2D eigenvalue weighted by Gasteiger charge is 2.34. The van der Waals surface area contributed by atoms with Gasteiger partial charge in [-0.25, -0.2) is 4.98 Å². The average Bonchev–Trinajstić information content (AvgIpc) is 3.13. The monoisotopic (exact) mass is 274 g/mol. The van der Waals surface area contributed by atoms with E-state index in [-0.39, 0.29) is 24.8 Å². The lowest BCUT2D eigenvalue weighted by atomic mass is 10.2. The molecule has 1 heterocycles. The van der Waals surface area contributed by atoms with Crippen molar-refractivity contribution < 1.29 is 23.1 Å². The third-order valence-electron chi connectivity index (χ3n) is 2.92. The zero-order chi connectivity index (χ0) is 14.0. The van der Waals surface area contributed by atoms with Gasteiger partial charge in [0.25, 0.3) is 0 Å². The van der Waals surface area contributed by atoms with E-state index >= 15 is 0 Å². The van der Waals surface area contributed by atoms with Gasteiger partial charge in [-0.3, -0.25) is 4.79 Å². The predicted octanol–water partition coefficient (Wildman–Crippen LogP) is 2.54. The Morgan fingerprint density at radius 1 is 1.47 bits per heavy atom. The van der Waals surface area contributed by atoms with Crippen molar-refractivity contribution in [2.24, 2.45) is 0 Å². The minimum Gasteiger partial charge on any atom is -0.481 e. The number of carbonyl (C=O) groups is 1. The van der Waals surface area contributed by atoms with Crippen LogP contribution in [0.15, 0.2) is 18.3 Å². The van der Waals surface area contributed by atoms with Gasteiger partial charge in [0.1, 0.15) is 5.82 Å². The third-order valence-corrected chi connectivity index (χ3v) is 2.92. The molecule has 0 amide bonds. The van der Waals surface area contributed by atoms with Crippen LogP contribution in [-0.2, 0) is 11.0 Å². The van der Waals surface area contributed by atoms with Gasteiger partial charge in [-0.15, -0.1) is 0 Å². The molecule has 0 aromatic carbocycles. The first-order chi connectivity index (χ1) is 8.88. The Hall–Kier alpha value is -1.79. The van der Waals surface area contributed by atoms with Crippen molar-refractivity contribution in [3.8, 4) is 0 Å². The maximum Gasteiger partial charge on any atom is 0.416 e. The van der Waals surface area contributed by atoms with Crippen molar-refractivity contribution in [1.82, 2.24) is 4.98 Å². The molecule has 0 spiro atoms. The van der Waals surface area contributed by atoms with Crippen molar-refractivity contribution in [2.75, 3.05) is 11.4 Å². The average molecular weight is 274 g/mol. The second-order valence-electron chi connectivity index (χ2n) is 4.47. The highest BCUT2D eigenvalue weighted by Crippen LogP contribution is 2.34. The first-order valence-electron chi connectivity index (χ1n) is 5.89. The molecule has 0 unspecified atom stereocenters. The molecule has 19 heavy (non-hydrogen) atoms. The number of carboxylic acid groups (broad SMARTS) is 1. The quantitative estimate of drug-likeness (QED) is 0.896. The molecule has 1 fully saturated rings. The van der Waals surface area contributed by atoms with Gasteiger partial charge in [-0.1, -0.05) is 0 Å². The summed E-state index contributed by atoms with van der Waals surface area (Å²) in [4.78, 5) is 16.1. The van der Waals surface area contributed by atoms with Crippen LogP contribution in [-0.4, -0.2) is 28.6 Å². The Kier molecular flexibility index (Phi) is 3.64. The fraction of sp³-hybridized carbons (Fsp3) is 0.500. The molecule has 0 bridgehead atoms. The smallest absolute Gasteiger partial charge is 0.416 e. The Labute approximate surface area is 107 Å². The second kappa shape index (κ2) is 5.07. The van der Waals surface area contributed by atoms with Crippen LogP contribution in [0.5, 0.6) is 0 Å². The molecule has 1 aliphatic rings. The number of alkyl halides is 3. The normalized spacial score (nSPS) is 15.3. The molecule has 0 aliphatic heterocycles. The Balaban J connectivity index is 2.19. The zero-order valence-electron chi connectivity index (χ0n) is 10.0. The number of aliphatic carboxylic acids is 1. The standard InChI is InChI=1S/C12H13F3N2O2/c13-12(14,15)8-3-5-16-10(7-8)17(9-1-2-9)6-4-11(18)19/h3,5,7,9H,1-2,4,6H2,(H,18,19). The van der Waals surface area contributed by atoms with Gasteiger partial charge in [-0.2, -0.15) is 13.2 Å². The summed E-state index contributed by atoms with van der Waals surface area (Å²) >= 11 is 0. The fourth-order valence-electron chi connectivity index (χ4n) is 1.84. The molecule has 1 N–H and O–H groups in total. The maximum atomic E-state index is 12.6. The molecule has 1 aliphatic carbocycles. The molecule has 104 valence electrons. The van der Waals surface area contributed by atoms with Gasteiger partial charge in [0.05, 0.1) is 12.0 Å². The largest absolute Gasteiger partial charge is 0.481 e. The van der Waals surface area contributed by atoms with Crippen LogP contribution in [0.2, 0.25) is 0 Å². The van der Waals surface area contributed by atoms with E-state index < -0.39 is 17.7 Å². The topological polar surface area (TPSA) is 53.4 Å². The summed E-state index contributed by atoms with van der Waals surface area (Å²) in [7, 11) is 0. The predicted molar refractivity (Wildman–Crippen MR) is 61.9 cm³/mol. The number of nitrogens with zero attached hydrogens (tertiary/aromatic N) is 2. The van der Waals surface area contributed by atoms with Gasteiger partial charge < -0.3 is 10.0 Å². The highest BCUT2D eigenvalue weighted by atomic mass is 19.4. The van der Waals surface area contributed by atoms with E-state index in [0.29, 0.717) is 0 Å². The summed E-state index contributed by atoms with van der Waals surface area (Å²) in [6.07, 6.45) is -1.71. The van der Waals surface area contributed by atoms with Gasteiger partial charge in [-0.05, 0) is 25.0 Å². The van der Waals surface area contributed by atoms with E-state index in [1.807, 2.05) is 0 Å². The fourth-order valence-corrected chi connectivity index (χ4v) is 1.84. The number of carboxylic acids is 1. The Morgan fingerprint density at radius 2 is 2.16 bits per heavy atom. The van der Waals surface area contributed by atoms with E-state index in [0.717, 1.165) is 31.2 Å². The molecule has 1 saturated carbocycles. The lowest BCUT2D eigenvalue weighted by Gasteiger charge is -2.23. The highest BCUT2D eigenvalue weighted by molar-refractivity contribution is 5.67. The van der Waals surface area contributed by atoms with Crippen molar-refractivity contribution in [3.63, 3.8) is 0 Å². The van der Waals surface area contributed by atoms with E-state index in [2.05, 4.69) is 4.98 Å². The van der Waals surface area contributed by atoms with Crippen molar-refractivity contribution in [2.45, 2.75) is 31.5 Å². The van der Waals surface area contributed by atoms with Crippen molar-refractivity contribution >= 4 is 11.8 Å². The zero-order valence-corrected chi connectivity index (χ0v) is 10.0. The Bertz CT molecular complexity index is 472. The molecule has 2 rings (SSSR count). The molecular formula is C12H13F3N2O2. The molecule has 0 saturated heterocycles. The number of anilines is 1. The lowest BCUT2D eigenvalue weighted by molar-refractivity contribution is -0.138. The molecule has 7 heteroatoms. The minimum atomic E-state index is -4.42. The number of rotatable bonds is 5. The van der Waals surface area contributed by atoms with E-state index in [4.69, 9.17) is 5.11 Å². The van der Waals surface area contributed by atoms with E-state index in [1.165, 1.54) is 0 Å². The van der Waals surface area contributed by atoms with Crippen LogP contribution in [0.1, 0.15) is 24.8 Å². The van der Waals surface area contributed by atoms with E-state index in [9.17, 15) is 18.0 Å². The second-order valence-corrected chi connectivity index (χ2v) is 4.47. The summed E-state index contributed by atoms with van der Waals surface area (Å²) in [6.45, 7) is 0.175.